The van der Waals surface area contributed by atoms with E-state index < -0.39 is 22.5 Å². The number of methoxy groups -OCH3 is 1. The van der Waals surface area contributed by atoms with Crippen LogP contribution >= 0.6 is 23.2 Å². The first-order valence-corrected chi connectivity index (χ1v) is 11.9. The highest BCUT2D eigenvalue weighted by molar-refractivity contribution is 7.93. The number of carbonyl (C=O) groups excluding carboxylic acids is 1. The highest BCUT2D eigenvalue weighted by atomic mass is 35.5. The summed E-state index contributed by atoms with van der Waals surface area (Å²) in [5.74, 6) is -0.301. The van der Waals surface area contributed by atoms with Crippen molar-refractivity contribution in [3.8, 4) is 5.75 Å². The van der Waals surface area contributed by atoms with Gasteiger partial charge in [-0.25, -0.2) is 8.42 Å². The van der Waals surface area contributed by atoms with Gasteiger partial charge in [0.1, 0.15) is 17.2 Å². The average Bonchev–Trinajstić information content (AvgIpc) is 3.23. The minimum absolute atomic E-state index is 0.0574. The number of ether oxygens (including phenoxy) is 2. The molecule has 1 saturated heterocycles. The van der Waals surface area contributed by atoms with Gasteiger partial charge in [-0.15, -0.1) is 0 Å². The number of halogens is 2. The number of rotatable bonds is 8. The van der Waals surface area contributed by atoms with E-state index in [-0.39, 0.29) is 32.5 Å². The summed E-state index contributed by atoms with van der Waals surface area (Å²) in [5.41, 5.74) is 0.902. The summed E-state index contributed by atoms with van der Waals surface area (Å²) in [6.07, 6.45) is 1.73. The molecule has 0 bridgehead atoms. The first-order valence-electron chi connectivity index (χ1n) is 9.72. The van der Waals surface area contributed by atoms with Gasteiger partial charge in [-0.3, -0.25) is 9.10 Å². The number of nitrogens with zero attached hydrogens (tertiary/aromatic N) is 1. The maximum Gasteiger partial charge on any atom is 0.268 e. The standard InChI is InChI=1S/C21H24Cl2N2O5S/c1-14-5-6-19(29-2)20(8-14)31(27,28)25(17-10-15(22)9-16(23)11-17)13-21(26)24-12-18-4-3-7-30-18/h5-6,8-11,18H,3-4,7,12-13H2,1-2H3,(H,24,26)/t18-/m1/s1. The second-order valence-electron chi connectivity index (χ2n) is 7.23. The van der Waals surface area contributed by atoms with Crippen molar-refractivity contribution in [1.82, 2.24) is 5.32 Å². The second-order valence-corrected chi connectivity index (χ2v) is 9.94. The summed E-state index contributed by atoms with van der Waals surface area (Å²) < 4.78 is 39.0. The van der Waals surface area contributed by atoms with E-state index in [0.29, 0.717) is 13.2 Å². The molecule has 0 spiro atoms. The molecule has 3 rings (SSSR count). The molecule has 0 saturated carbocycles. The van der Waals surface area contributed by atoms with E-state index in [4.69, 9.17) is 32.7 Å². The van der Waals surface area contributed by atoms with Crippen molar-refractivity contribution in [2.75, 3.05) is 31.1 Å². The van der Waals surface area contributed by atoms with E-state index in [9.17, 15) is 13.2 Å². The van der Waals surface area contributed by atoms with Gasteiger partial charge in [0, 0.05) is 23.2 Å². The second kappa shape index (κ2) is 10.1. The number of hydrogen-bond acceptors (Lipinski definition) is 5. The normalized spacial score (nSPS) is 16.2. The van der Waals surface area contributed by atoms with Crippen LogP contribution in [0.1, 0.15) is 18.4 Å². The lowest BCUT2D eigenvalue weighted by molar-refractivity contribution is -0.120. The minimum Gasteiger partial charge on any atom is -0.495 e. The van der Waals surface area contributed by atoms with Gasteiger partial charge in [-0.1, -0.05) is 29.3 Å². The zero-order chi connectivity index (χ0) is 22.6. The van der Waals surface area contributed by atoms with Crippen LogP contribution in [0.2, 0.25) is 10.0 Å². The number of benzene rings is 2. The lowest BCUT2D eigenvalue weighted by Crippen LogP contribution is -2.43. The molecule has 1 amide bonds. The number of nitrogens with one attached hydrogen (secondary N) is 1. The van der Waals surface area contributed by atoms with E-state index >= 15 is 0 Å². The Morgan fingerprint density at radius 3 is 2.55 bits per heavy atom. The van der Waals surface area contributed by atoms with Crippen molar-refractivity contribution in [3.05, 3.63) is 52.0 Å². The van der Waals surface area contributed by atoms with Crippen molar-refractivity contribution in [1.29, 1.82) is 0 Å². The number of anilines is 1. The smallest absolute Gasteiger partial charge is 0.268 e. The summed E-state index contributed by atoms with van der Waals surface area (Å²) in [7, 11) is -2.80. The molecular formula is C21H24Cl2N2O5S. The van der Waals surface area contributed by atoms with Crippen LogP contribution in [-0.2, 0) is 19.6 Å². The van der Waals surface area contributed by atoms with Crippen molar-refractivity contribution in [3.63, 3.8) is 0 Å². The molecule has 2 aromatic carbocycles. The number of carbonyl (C=O) groups is 1. The molecular weight excluding hydrogens is 463 g/mol. The monoisotopic (exact) mass is 486 g/mol. The Bertz CT molecular complexity index is 1040. The third-order valence-electron chi connectivity index (χ3n) is 4.86. The van der Waals surface area contributed by atoms with Gasteiger partial charge in [-0.2, -0.15) is 0 Å². The molecule has 1 fully saturated rings. The first kappa shape index (κ1) is 23.7. The number of amides is 1. The number of sulfonamides is 1. The van der Waals surface area contributed by atoms with Gasteiger partial charge in [0.05, 0.1) is 18.9 Å². The summed E-state index contributed by atoms with van der Waals surface area (Å²) in [6.45, 7) is 2.29. The van der Waals surface area contributed by atoms with Gasteiger partial charge >= 0.3 is 0 Å². The van der Waals surface area contributed by atoms with Crippen LogP contribution in [0, 0.1) is 6.92 Å². The first-order chi connectivity index (χ1) is 14.7. The molecule has 7 nitrogen and oxygen atoms in total. The van der Waals surface area contributed by atoms with Crippen molar-refractivity contribution >= 4 is 44.8 Å². The van der Waals surface area contributed by atoms with Crippen molar-refractivity contribution in [2.45, 2.75) is 30.8 Å². The summed E-state index contributed by atoms with van der Waals surface area (Å²) >= 11 is 12.2. The quantitative estimate of drug-likeness (QED) is 0.613. The molecule has 168 valence electrons. The SMILES string of the molecule is COc1ccc(C)cc1S(=O)(=O)N(CC(=O)NC[C@H]1CCCO1)c1cc(Cl)cc(Cl)c1. The highest BCUT2D eigenvalue weighted by Gasteiger charge is 2.31. The minimum atomic E-state index is -4.19. The summed E-state index contributed by atoms with van der Waals surface area (Å²) in [5, 5.41) is 3.25. The Hall–Kier alpha value is -2.00. The third kappa shape index (κ3) is 5.83. The number of hydrogen-bond donors (Lipinski definition) is 1. The van der Waals surface area contributed by atoms with Crippen molar-refractivity contribution in [2.24, 2.45) is 0 Å². The van der Waals surface area contributed by atoms with Crippen LogP contribution in [-0.4, -0.2) is 47.2 Å². The fraction of sp³-hybridized carbons (Fsp3) is 0.381. The zero-order valence-electron chi connectivity index (χ0n) is 17.2. The average molecular weight is 487 g/mol. The fourth-order valence-electron chi connectivity index (χ4n) is 3.32. The zero-order valence-corrected chi connectivity index (χ0v) is 19.6. The summed E-state index contributed by atoms with van der Waals surface area (Å²) in [6, 6.07) is 9.19. The molecule has 10 heteroatoms. The summed E-state index contributed by atoms with van der Waals surface area (Å²) in [4.78, 5) is 12.6. The van der Waals surface area contributed by atoms with Crippen molar-refractivity contribution < 1.29 is 22.7 Å². The molecule has 31 heavy (non-hydrogen) atoms. The lowest BCUT2D eigenvalue weighted by atomic mass is 10.2. The van der Waals surface area contributed by atoms with Crippen LogP contribution in [0.4, 0.5) is 5.69 Å². The predicted octanol–water partition coefficient (Wildman–Crippen LogP) is 3.80. The van der Waals surface area contributed by atoms with E-state index in [1.54, 1.807) is 19.1 Å². The van der Waals surface area contributed by atoms with Gasteiger partial charge in [0.2, 0.25) is 5.91 Å². The van der Waals surface area contributed by atoms with Crippen LogP contribution in [0.3, 0.4) is 0 Å². The highest BCUT2D eigenvalue weighted by Crippen LogP contribution is 2.33. The third-order valence-corrected chi connectivity index (χ3v) is 7.09. The molecule has 1 aliphatic rings. The van der Waals surface area contributed by atoms with E-state index in [2.05, 4.69) is 5.32 Å². The Morgan fingerprint density at radius 1 is 1.23 bits per heavy atom. The van der Waals surface area contributed by atoms with Gasteiger partial charge in [0.15, 0.2) is 0 Å². The maximum atomic E-state index is 13.6. The molecule has 0 radical (unpaired) electrons. The van der Waals surface area contributed by atoms with Gasteiger partial charge in [-0.05, 0) is 55.7 Å². The van der Waals surface area contributed by atoms with E-state index in [0.717, 1.165) is 22.7 Å². The molecule has 1 aliphatic heterocycles. The predicted molar refractivity (Wildman–Crippen MR) is 121 cm³/mol. The topological polar surface area (TPSA) is 84.9 Å². The van der Waals surface area contributed by atoms with E-state index in [1.165, 1.54) is 31.4 Å². The fourth-order valence-corrected chi connectivity index (χ4v) is 5.48. The lowest BCUT2D eigenvalue weighted by Gasteiger charge is -2.25. The molecule has 0 aromatic heterocycles. The van der Waals surface area contributed by atoms with Crippen LogP contribution in [0.25, 0.3) is 0 Å². The molecule has 0 aliphatic carbocycles. The Kier molecular flexibility index (Phi) is 7.69. The molecule has 1 heterocycles. The van der Waals surface area contributed by atoms with Crippen LogP contribution < -0.4 is 14.4 Å². The number of aryl methyl sites for hydroxylation is 1. The maximum absolute atomic E-state index is 13.6. The van der Waals surface area contributed by atoms with Crippen LogP contribution in [0.15, 0.2) is 41.3 Å². The molecule has 1 atom stereocenters. The van der Waals surface area contributed by atoms with Gasteiger partial charge < -0.3 is 14.8 Å². The van der Waals surface area contributed by atoms with Gasteiger partial charge in [0.25, 0.3) is 10.0 Å². The molecule has 2 aromatic rings. The Balaban J connectivity index is 1.97. The Labute approximate surface area is 192 Å². The van der Waals surface area contributed by atoms with Crippen LogP contribution in [0.5, 0.6) is 5.75 Å². The largest absolute Gasteiger partial charge is 0.495 e. The molecule has 0 unspecified atom stereocenters. The molecule has 1 N–H and O–H groups in total. The Morgan fingerprint density at radius 2 is 1.94 bits per heavy atom. The van der Waals surface area contributed by atoms with E-state index in [1.807, 2.05) is 0 Å².